The van der Waals surface area contributed by atoms with E-state index in [4.69, 9.17) is 0 Å². The Balaban J connectivity index is 1.75. The lowest BCUT2D eigenvalue weighted by atomic mass is 10.1. The first kappa shape index (κ1) is 16.7. The molecule has 0 bridgehead atoms. The van der Waals surface area contributed by atoms with Crippen LogP contribution in [0.15, 0.2) is 59.0 Å². The Morgan fingerprint density at radius 3 is 2.76 bits per heavy atom. The number of non-ortho nitro benzene ring substituents is 1. The highest BCUT2D eigenvalue weighted by molar-refractivity contribution is 7.14. The van der Waals surface area contributed by atoms with E-state index in [1.165, 1.54) is 35.6 Å². The summed E-state index contributed by atoms with van der Waals surface area (Å²) in [5.74, 6) is -0.300. The molecule has 0 radical (unpaired) electrons. The Labute approximate surface area is 146 Å². The molecule has 1 heterocycles. The molecule has 2 aromatic carbocycles. The molecule has 3 rings (SSSR count). The number of rotatable bonds is 5. The van der Waals surface area contributed by atoms with Gasteiger partial charge in [0.25, 0.3) is 5.69 Å². The molecule has 0 amide bonds. The average Bonchev–Trinajstić information content (AvgIpc) is 3.09. The Morgan fingerprint density at radius 2 is 2.04 bits per heavy atom. The highest BCUT2D eigenvalue weighted by Gasteiger charge is 2.10. The molecular weight excluding hydrogens is 343 g/mol. The molecule has 0 aliphatic heterocycles. The van der Waals surface area contributed by atoms with Gasteiger partial charge in [0.05, 0.1) is 16.3 Å². The van der Waals surface area contributed by atoms with E-state index >= 15 is 0 Å². The Bertz CT molecular complexity index is 938. The number of hydrogen-bond donors (Lipinski definition) is 1. The Kier molecular flexibility index (Phi) is 4.80. The van der Waals surface area contributed by atoms with E-state index in [1.54, 1.807) is 36.6 Å². The van der Waals surface area contributed by atoms with Gasteiger partial charge in [-0.1, -0.05) is 24.3 Å². The lowest BCUT2D eigenvalue weighted by Gasteiger charge is -2.01. The van der Waals surface area contributed by atoms with Crippen LogP contribution in [0.5, 0.6) is 0 Å². The van der Waals surface area contributed by atoms with Crippen molar-refractivity contribution in [3.8, 4) is 11.3 Å². The molecular formula is C17H13FN4O2S. The van der Waals surface area contributed by atoms with Crippen molar-refractivity contribution in [3.05, 3.63) is 75.4 Å². The zero-order valence-corrected chi connectivity index (χ0v) is 14.0. The van der Waals surface area contributed by atoms with Crippen LogP contribution in [0.25, 0.3) is 11.3 Å². The van der Waals surface area contributed by atoms with Gasteiger partial charge in [0.2, 0.25) is 5.13 Å². The highest BCUT2D eigenvalue weighted by atomic mass is 32.1. The molecule has 0 saturated carbocycles. The van der Waals surface area contributed by atoms with Crippen LogP contribution in [0, 0.1) is 15.9 Å². The number of hydrogen-bond acceptors (Lipinski definition) is 6. The number of nitro groups is 1. The number of anilines is 1. The summed E-state index contributed by atoms with van der Waals surface area (Å²) in [6.07, 6.45) is 0. The van der Waals surface area contributed by atoms with Crippen LogP contribution in [0.3, 0.4) is 0 Å². The number of benzene rings is 2. The van der Waals surface area contributed by atoms with Crippen LogP contribution in [-0.2, 0) is 0 Å². The summed E-state index contributed by atoms with van der Waals surface area (Å²) in [4.78, 5) is 14.8. The number of halogens is 1. The van der Waals surface area contributed by atoms with Crippen molar-refractivity contribution < 1.29 is 9.31 Å². The fraction of sp³-hybridized carbons (Fsp3) is 0.0588. The molecule has 0 fully saturated rings. The first-order chi connectivity index (χ1) is 12.0. The summed E-state index contributed by atoms with van der Waals surface area (Å²) in [6, 6.07) is 12.3. The van der Waals surface area contributed by atoms with Gasteiger partial charge in [0.15, 0.2) is 0 Å². The van der Waals surface area contributed by atoms with Gasteiger partial charge >= 0.3 is 0 Å². The van der Waals surface area contributed by atoms with Crippen molar-refractivity contribution in [2.75, 3.05) is 5.43 Å². The number of aromatic nitrogens is 1. The van der Waals surface area contributed by atoms with E-state index in [9.17, 15) is 14.5 Å². The van der Waals surface area contributed by atoms with Gasteiger partial charge in [0, 0.05) is 23.1 Å². The number of hydrazone groups is 1. The third kappa shape index (κ3) is 4.04. The second kappa shape index (κ2) is 7.18. The molecule has 0 aliphatic rings. The Hall–Kier alpha value is -3.13. The van der Waals surface area contributed by atoms with E-state index in [1.807, 2.05) is 0 Å². The molecule has 25 heavy (non-hydrogen) atoms. The molecule has 6 nitrogen and oxygen atoms in total. The van der Waals surface area contributed by atoms with Gasteiger partial charge < -0.3 is 0 Å². The maximum Gasteiger partial charge on any atom is 0.270 e. The SMILES string of the molecule is C/C(=N/Nc1nc(-c2cccc([N+](=O)[O-])c2)cs1)c1ccc(F)cc1. The molecule has 126 valence electrons. The Morgan fingerprint density at radius 1 is 1.28 bits per heavy atom. The summed E-state index contributed by atoms with van der Waals surface area (Å²) in [7, 11) is 0. The monoisotopic (exact) mass is 356 g/mol. The van der Waals surface area contributed by atoms with Crippen molar-refractivity contribution in [1.29, 1.82) is 0 Å². The van der Waals surface area contributed by atoms with Crippen LogP contribution >= 0.6 is 11.3 Å². The predicted molar refractivity (Wildman–Crippen MR) is 96.4 cm³/mol. The molecule has 0 spiro atoms. The second-order valence-corrected chi connectivity index (χ2v) is 6.02. The third-order valence-electron chi connectivity index (χ3n) is 3.44. The molecule has 0 unspecified atom stereocenters. The van der Waals surface area contributed by atoms with Crippen molar-refractivity contribution in [1.82, 2.24) is 4.98 Å². The third-order valence-corrected chi connectivity index (χ3v) is 4.19. The topological polar surface area (TPSA) is 80.4 Å². The van der Waals surface area contributed by atoms with Crippen molar-refractivity contribution >= 4 is 27.9 Å². The zero-order valence-electron chi connectivity index (χ0n) is 13.1. The van der Waals surface area contributed by atoms with Crippen LogP contribution in [0.4, 0.5) is 15.2 Å². The molecule has 3 aromatic rings. The van der Waals surface area contributed by atoms with Crippen LogP contribution in [-0.4, -0.2) is 15.6 Å². The molecule has 0 saturated heterocycles. The summed E-state index contributed by atoms with van der Waals surface area (Å²) < 4.78 is 12.9. The predicted octanol–water partition coefficient (Wildman–Crippen LogP) is 4.69. The standard InChI is InChI=1S/C17H13FN4O2S/c1-11(12-5-7-14(18)8-6-12)20-21-17-19-16(10-25-17)13-3-2-4-15(9-13)22(23)24/h2-10H,1H3,(H,19,21)/b20-11-. The number of nitrogens with one attached hydrogen (secondary N) is 1. The fourth-order valence-electron chi connectivity index (χ4n) is 2.12. The molecule has 0 atom stereocenters. The quantitative estimate of drug-likeness (QED) is 0.408. The minimum absolute atomic E-state index is 0.0187. The fourth-order valence-corrected chi connectivity index (χ4v) is 2.79. The normalized spacial score (nSPS) is 11.4. The van der Waals surface area contributed by atoms with E-state index in [-0.39, 0.29) is 11.5 Å². The smallest absolute Gasteiger partial charge is 0.258 e. The van der Waals surface area contributed by atoms with E-state index in [2.05, 4.69) is 15.5 Å². The summed E-state index contributed by atoms with van der Waals surface area (Å²) >= 11 is 1.34. The number of nitro benzene ring substituents is 1. The number of nitrogens with zero attached hydrogens (tertiary/aromatic N) is 3. The van der Waals surface area contributed by atoms with E-state index < -0.39 is 4.92 Å². The first-order valence-electron chi connectivity index (χ1n) is 7.29. The van der Waals surface area contributed by atoms with Crippen molar-refractivity contribution in [2.24, 2.45) is 5.10 Å². The second-order valence-electron chi connectivity index (χ2n) is 5.16. The molecule has 1 N–H and O–H groups in total. The van der Waals surface area contributed by atoms with Crippen LogP contribution in [0.2, 0.25) is 0 Å². The van der Waals surface area contributed by atoms with Gasteiger partial charge in [0.1, 0.15) is 5.82 Å². The van der Waals surface area contributed by atoms with Gasteiger partial charge in [-0.05, 0) is 24.6 Å². The van der Waals surface area contributed by atoms with E-state index in [0.717, 1.165) is 5.56 Å². The minimum Gasteiger partial charge on any atom is -0.258 e. The van der Waals surface area contributed by atoms with Gasteiger partial charge in [-0.2, -0.15) is 5.10 Å². The lowest BCUT2D eigenvalue weighted by Crippen LogP contribution is -1.99. The summed E-state index contributed by atoms with van der Waals surface area (Å²) in [5.41, 5.74) is 5.65. The summed E-state index contributed by atoms with van der Waals surface area (Å²) in [6.45, 7) is 1.80. The lowest BCUT2D eigenvalue weighted by molar-refractivity contribution is -0.384. The average molecular weight is 356 g/mol. The molecule has 1 aromatic heterocycles. The van der Waals surface area contributed by atoms with E-state index in [0.29, 0.717) is 22.1 Å². The van der Waals surface area contributed by atoms with Crippen LogP contribution in [0.1, 0.15) is 12.5 Å². The van der Waals surface area contributed by atoms with Crippen molar-refractivity contribution in [3.63, 3.8) is 0 Å². The highest BCUT2D eigenvalue weighted by Crippen LogP contribution is 2.27. The van der Waals surface area contributed by atoms with Crippen molar-refractivity contribution in [2.45, 2.75) is 6.92 Å². The number of thiazole rings is 1. The molecule has 8 heteroatoms. The molecule has 0 aliphatic carbocycles. The van der Waals surface area contributed by atoms with Crippen LogP contribution < -0.4 is 5.43 Å². The maximum absolute atomic E-state index is 12.9. The minimum atomic E-state index is -0.439. The summed E-state index contributed by atoms with van der Waals surface area (Å²) in [5, 5.41) is 17.4. The largest absolute Gasteiger partial charge is 0.270 e. The first-order valence-corrected chi connectivity index (χ1v) is 8.17. The van der Waals surface area contributed by atoms with Gasteiger partial charge in [-0.3, -0.25) is 15.5 Å². The van der Waals surface area contributed by atoms with Gasteiger partial charge in [-0.15, -0.1) is 11.3 Å². The zero-order chi connectivity index (χ0) is 17.8. The van der Waals surface area contributed by atoms with Gasteiger partial charge in [-0.25, -0.2) is 9.37 Å². The maximum atomic E-state index is 12.9.